The Kier molecular flexibility index (Phi) is 3.39. The van der Waals surface area contributed by atoms with Gasteiger partial charge in [0.05, 0.1) is 23.9 Å². The van der Waals surface area contributed by atoms with Crippen molar-refractivity contribution in [1.29, 1.82) is 0 Å². The highest BCUT2D eigenvalue weighted by atomic mass is 16.2. The molecule has 0 fully saturated rings. The summed E-state index contributed by atoms with van der Waals surface area (Å²) in [5.41, 5.74) is 1.83. The number of likely N-dealkylation sites (N-methyl/N-ethyl adjacent to an activating group) is 1. The van der Waals surface area contributed by atoms with Gasteiger partial charge in [0, 0.05) is 7.05 Å². The maximum Gasteiger partial charge on any atom is 0.245 e. The lowest BCUT2D eigenvalue weighted by atomic mass is 10.2. The third kappa shape index (κ3) is 2.49. The highest BCUT2D eigenvalue weighted by molar-refractivity contribution is 5.83. The highest BCUT2D eigenvalue weighted by Crippen LogP contribution is 2.19. The van der Waals surface area contributed by atoms with E-state index in [0.29, 0.717) is 12.4 Å². The number of H-pyrrole nitrogens is 1. The molecular weight excluding hydrogens is 268 g/mol. The molecule has 2 aromatic heterocycles. The van der Waals surface area contributed by atoms with Crippen LogP contribution in [0.2, 0.25) is 0 Å². The Morgan fingerprint density at radius 1 is 1.38 bits per heavy atom. The fourth-order valence-corrected chi connectivity index (χ4v) is 2.33. The largest absolute Gasteiger partial charge is 0.336 e. The Morgan fingerprint density at radius 3 is 2.95 bits per heavy atom. The molecule has 0 aliphatic rings. The standard InChI is InChI=1S/C14H16N6O/c1-10(14(21)19(2)7-13-15-8-17-18-13)20-9-16-11-5-3-4-6-12(11)20/h3-6,8-10H,7H2,1-2H3,(H,15,17,18). The van der Waals surface area contributed by atoms with Gasteiger partial charge in [0.25, 0.3) is 0 Å². The van der Waals surface area contributed by atoms with Crippen LogP contribution < -0.4 is 0 Å². The van der Waals surface area contributed by atoms with Gasteiger partial charge in [0.15, 0.2) is 0 Å². The van der Waals surface area contributed by atoms with E-state index in [1.807, 2.05) is 35.8 Å². The quantitative estimate of drug-likeness (QED) is 0.784. The Labute approximate surface area is 121 Å². The minimum atomic E-state index is -0.328. The first kappa shape index (κ1) is 13.3. The number of imidazole rings is 1. The van der Waals surface area contributed by atoms with E-state index in [9.17, 15) is 4.79 Å². The molecule has 2 heterocycles. The van der Waals surface area contributed by atoms with Crippen molar-refractivity contribution in [3.05, 3.63) is 42.7 Å². The van der Waals surface area contributed by atoms with Crippen LogP contribution in [0.5, 0.6) is 0 Å². The Hall–Kier alpha value is -2.70. The van der Waals surface area contributed by atoms with Crippen molar-refractivity contribution < 1.29 is 4.79 Å². The molecule has 0 saturated heterocycles. The molecular formula is C14H16N6O. The second kappa shape index (κ2) is 5.35. The predicted octanol–water partition coefficient (Wildman–Crippen LogP) is 1.37. The van der Waals surface area contributed by atoms with E-state index in [1.165, 1.54) is 6.33 Å². The number of hydrogen-bond donors (Lipinski definition) is 1. The third-order valence-electron chi connectivity index (χ3n) is 3.48. The number of rotatable bonds is 4. The molecule has 1 N–H and O–H groups in total. The zero-order valence-electron chi connectivity index (χ0n) is 11.9. The van der Waals surface area contributed by atoms with Gasteiger partial charge in [-0.05, 0) is 19.1 Å². The van der Waals surface area contributed by atoms with Crippen molar-refractivity contribution in [2.45, 2.75) is 19.5 Å². The molecule has 0 saturated carbocycles. The van der Waals surface area contributed by atoms with Crippen molar-refractivity contribution in [3.8, 4) is 0 Å². The van der Waals surface area contributed by atoms with Crippen LogP contribution >= 0.6 is 0 Å². The SMILES string of the molecule is CC(C(=O)N(C)Cc1ncn[nH]1)n1cnc2ccccc21. The average Bonchev–Trinajstić information content (AvgIpc) is 3.14. The fourth-order valence-electron chi connectivity index (χ4n) is 2.33. The smallest absolute Gasteiger partial charge is 0.245 e. The Morgan fingerprint density at radius 2 is 2.19 bits per heavy atom. The Balaban J connectivity index is 1.80. The summed E-state index contributed by atoms with van der Waals surface area (Å²) in [6.45, 7) is 2.27. The maximum atomic E-state index is 12.5. The van der Waals surface area contributed by atoms with Gasteiger partial charge in [0.1, 0.15) is 18.2 Å². The number of amides is 1. The van der Waals surface area contributed by atoms with Crippen molar-refractivity contribution >= 4 is 16.9 Å². The summed E-state index contributed by atoms with van der Waals surface area (Å²) in [4.78, 5) is 22.5. The van der Waals surface area contributed by atoms with Gasteiger partial charge >= 0.3 is 0 Å². The number of benzene rings is 1. The summed E-state index contributed by atoms with van der Waals surface area (Å²) in [5.74, 6) is 0.656. The molecule has 0 aliphatic heterocycles. The highest BCUT2D eigenvalue weighted by Gasteiger charge is 2.21. The number of nitrogens with zero attached hydrogens (tertiary/aromatic N) is 5. The molecule has 108 valence electrons. The van der Waals surface area contributed by atoms with E-state index in [4.69, 9.17) is 0 Å². The first-order valence-corrected chi connectivity index (χ1v) is 6.67. The molecule has 1 amide bonds. The van der Waals surface area contributed by atoms with Gasteiger partial charge in [0.2, 0.25) is 5.91 Å². The summed E-state index contributed by atoms with van der Waals surface area (Å²) >= 11 is 0. The molecule has 7 heteroatoms. The number of nitrogens with one attached hydrogen (secondary N) is 1. The molecule has 0 aliphatic carbocycles. The molecule has 3 aromatic rings. The van der Waals surface area contributed by atoms with Gasteiger partial charge in [-0.15, -0.1) is 0 Å². The van der Waals surface area contributed by atoms with Crippen LogP contribution in [-0.4, -0.2) is 42.6 Å². The lowest BCUT2D eigenvalue weighted by molar-refractivity contribution is -0.133. The second-order valence-electron chi connectivity index (χ2n) is 4.94. The lowest BCUT2D eigenvalue weighted by Gasteiger charge is -2.21. The first-order chi connectivity index (χ1) is 10.2. The van der Waals surface area contributed by atoms with Crippen LogP contribution in [0.15, 0.2) is 36.9 Å². The van der Waals surface area contributed by atoms with E-state index in [-0.39, 0.29) is 11.9 Å². The van der Waals surface area contributed by atoms with Crippen LogP contribution in [0.1, 0.15) is 18.8 Å². The minimum absolute atomic E-state index is 0.00504. The summed E-state index contributed by atoms with van der Waals surface area (Å²) in [5, 5.41) is 6.53. The number of carbonyl (C=O) groups is 1. The van der Waals surface area contributed by atoms with Crippen molar-refractivity contribution in [1.82, 2.24) is 29.6 Å². The molecule has 3 rings (SSSR count). The molecule has 0 radical (unpaired) electrons. The lowest BCUT2D eigenvalue weighted by Crippen LogP contribution is -2.32. The van der Waals surface area contributed by atoms with Crippen LogP contribution in [0.25, 0.3) is 11.0 Å². The van der Waals surface area contributed by atoms with Crippen molar-refractivity contribution in [2.24, 2.45) is 0 Å². The number of aromatic amines is 1. The molecule has 0 spiro atoms. The van der Waals surface area contributed by atoms with Gasteiger partial charge in [-0.1, -0.05) is 12.1 Å². The Bertz CT molecular complexity index is 748. The number of carbonyl (C=O) groups excluding carboxylic acids is 1. The predicted molar refractivity (Wildman–Crippen MR) is 77.3 cm³/mol. The molecule has 1 aromatic carbocycles. The number of hydrogen-bond acceptors (Lipinski definition) is 4. The van der Waals surface area contributed by atoms with Gasteiger partial charge < -0.3 is 9.47 Å². The molecule has 1 unspecified atom stereocenters. The van der Waals surface area contributed by atoms with E-state index in [0.717, 1.165) is 11.0 Å². The van der Waals surface area contributed by atoms with Gasteiger partial charge in [-0.2, -0.15) is 5.10 Å². The molecule has 0 bridgehead atoms. The van der Waals surface area contributed by atoms with Crippen molar-refractivity contribution in [2.75, 3.05) is 7.05 Å². The summed E-state index contributed by atoms with van der Waals surface area (Å²) in [6, 6.07) is 7.44. The summed E-state index contributed by atoms with van der Waals surface area (Å²) < 4.78 is 1.88. The normalized spacial score (nSPS) is 12.5. The molecule has 1 atom stereocenters. The summed E-state index contributed by atoms with van der Waals surface area (Å²) in [7, 11) is 1.75. The van der Waals surface area contributed by atoms with E-state index < -0.39 is 0 Å². The topological polar surface area (TPSA) is 79.7 Å². The number of para-hydroxylation sites is 2. The van der Waals surface area contributed by atoms with Gasteiger partial charge in [-0.3, -0.25) is 9.89 Å². The van der Waals surface area contributed by atoms with Crippen LogP contribution in [0.3, 0.4) is 0 Å². The first-order valence-electron chi connectivity index (χ1n) is 6.67. The van der Waals surface area contributed by atoms with Crippen LogP contribution in [0.4, 0.5) is 0 Å². The number of aromatic nitrogens is 5. The minimum Gasteiger partial charge on any atom is -0.336 e. The van der Waals surface area contributed by atoms with E-state index in [2.05, 4.69) is 20.2 Å². The summed E-state index contributed by atoms with van der Waals surface area (Å²) in [6.07, 6.45) is 3.13. The third-order valence-corrected chi connectivity index (χ3v) is 3.48. The van der Waals surface area contributed by atoms with E-state index in [1.54, 1.807) is 18.3 Å². The second-order valence-corrected chi connectivity index (χ2v) is 4.94. The zero-order valence-corrected chi connectivity index (χ0v) is 11.9. The van der Waals surface area contributed by atoms with Crippen LogP contribution in [-0.2, 0) is 11.3 Å². The van der Waals surface area contributed by atoms with Crippen molar-refractivity contribution in [3.63, 3.8) is 0 Å². The monoisotopic (exact) mass is 284 g/mol. The molecule has 7 nitrogen and oxygen atoms in total. The average molecular weight is 284 g/mol. The zero-order chi connectivity index (χ0) is 14.8. The fraction of sp³-hybridized carbons (Fsp3) is 0.286. The van der Waals surface area contributed by atoms with E-state index >= 15 is 0 Å². The van der Waals surface area contributed by atoms with Crippen LogP contribution in [0, 0.1) is 0 Å². The number of fused-ring (bicyclic) bond motifs is 1. The molecule has 21 heavy (non-hydrogen) atoms. The van der Waals surface area contributed by atoms with Gasteiger partial charge in [-0.25, -0.2) is 9.97 Å². The maximum absolute atomic E-state index is 12.5.